The molecule has 2 N–H and O–H groups in total. The Morgan fingerprint density at radius 1 is 1.20 bits per heavy atom. The third-order valence-corrected chi connectivity index (χ3v) is 10.5. The Morgan fingerprint density at radius 3 is 2.76 bits per heavy atom. The highest BCUT2D eigenvalue weighted by atomic mass is 16.3. The highest BCUT2D eigenvalue weighted by Gasteiger charge is 2.84. The summed E-state index contributed by atoms with van der Waals surface area (Å²) in [6.07, 6.45) is 6.75. The van der Waals surface area contributed by atoms with E-state index in [0.29, 0.717) is 23.3 Å². The first-order valence-corrected chi connectivity index (χ1v) is 10.7. The molecule has 7 aliphatic rings. The van der Waals surface area contributed by atoms with E-state index in [1.54, 1.807) is 0 Å². The maximum atomic E-state index is 11.5. The second kappa shape index (κ2) is 4.36. The summed E-state index contributed by atoms with van der Waals surface area (Å²) in [7, 11) is 0. The van der Waals surface area contributed by atoms with Crippen molar-refractivity contribution < 1.29 is 10.2 Å². The highest BCUT2D eigenvalue weighted by molar-refractivity contribution is 5.38. The van der Waals surface area contributed by atoms with Crippen molar-refractivity contribution >= 4 is 0 Å². The lowest BCUT2D eigenvalue weighted by Gasteiger charge is -2.68. The first-order valence-electron chi connectivity index (χ1n) is 10.7. The van der Waals surface area contributed by atoms with Gasteiger partial charge in [0.1, 0.15) is 0 Å². The monoisotopic (exact) mass is 343 g/mol. The number of likely N-dealkylation sites (tertiary alicyclic amines) is 1. The van der Waals surface area contributed by atoms with Gasteiger partial charge in [0.05, 0.1) is 12.2 Å². The van der Waals surface area contributed by atoms with Crippen molar-refractivity contribution in [1.82, 2.24) is 4.90 Å². The summed E-state index contributed by atoms with van der Waals surface area (Å²) in [5, 5.41) is 22.9. The van der Waals surface area contributed by atoms with Crippen molar-refractivity contribution in [3.63, 3.8) is 0 Å². The first kappa shape index (κ1) is 15.7. The fourth-order valence-electron chi connectivity index (χ4n) is 10.1. The van der Waals surface area contributed by atoms with E-state index >= 15 is 0 Å². The molecule has 3 heteroatoms. The summed E-state index contributed by atoms with van der Waals surface area (Å²) in [6.45, 7) is 11.5. The van der Waals surface area contributed by atoms with Gasteiger partial charge in [-0.05, 0) is 66.9 Å². The van der Waals surface area contributed by atoms with Gasteiger partial charge in [-0.3, -0.25) is 4.90 Å². The first-order chi connectivity index (χ1) is 11.9. The van der Waals surface area contributed by atoms with Crippen LogP contribution in [0.3, 0.4) is 0 Å². The van der Waals surface area contributed by atoms with Crippen LogP contribution >= 0.6 is 0 Å². The Kier molecular flexibility index (Phi) is 2.73. The van der Waals surface area contributed by atoms with E-state index in [2.05, 4.69) is 25.3 Å². The van der Waals surface area contributed by atoms with Gasteiger partial charge in [0.15, 0.2) is 0 Å². The summed E-state index contributed by atoms with van der Waals surface area (Å²) in [6, 6.07) is 0.592. The van der Waals surface area contributed by atoms with Gasteiger partial charge in [0, 0.05) is 29.8 Å². The number of rotatable bonds is 1. The van der Waals surface area contributed by atoms with E-state index in [4.69, 9.17) is 0 Å². The van der Waals surface area contributed by atoms with Crippen LogP contribution in [0.25, 0.3) is 0 Å². The molecule has 0 aromatic heterocycles. The SMILES string of the molecule is C=C1[C@H]2CC[C@]3([C@@H]1O)[C@@H]1C[C@@H]4[C@@]5(C)CCC[C@@]4(C1N(CC)C5)[C@@H]3[C@H]2O. The van der Waals surface area contributed by atoms with Gasteiger partial charge in [0.2, 0.25) is 0 Å². The van der Waals surface area contributed by atoms with Crippen LogP contribution < -0.4 is 0 Å². The van der Waals surface area contributed by atoms with Gasteiger partial charge in [0.25, 0.3) is 0 Å². The number of fused-ring (bicyclic) bond motifs is 2. The van der Waals surface area contributed by atoms with Gasteiger partial charge in [-0.15, -0.1) is 0 Å². The molecule has 6 saturated carbocycles. The van der Waals surface area contributed by atoms with Gasteiger partial charge in [-0.1, -0.05) is 26.8 Å². The average molecular weight is 344 g/mol. The maximum Gasteiger partial charge on any atom is 0.0814 e. The quantitative estimate of drug-likeness (QED) is 0.720. The number of piperidine rings is 1. The number of aliphatic hydroxyl groups is 2. The Balaban J connectivity index is 1.60. The number of aliphatic hydroxyl groups excluding tert-OH is 2. The van der Waals surface area contributed by atoms with Crippen molar-refractivity contribution in [2.75, 3.05) is 13.1 Å². The summed E-state index contributed by atoms with van der Waals surface area (Å²) in [5.41, 5.74) is 1.54. The molecule has 1 unspecified atom stereocenters. The Labute approximate surface area is 151 Å². The normalized spacial score (nSPS) is 64.6. The van der Waals surface area contributed by atoms with Gasteiger partial charge in [-0.2, -0.15) is 0 Å². The van der Waals surface area contributed by atoms with E-state index in [9.17, 15) is 10.2 Å². The van der Waals surface area contributed by atoms with E-state index in [0.717, 1.165) is 30.9 Å². The predicted molar refractivity (Wildman–Crippen MR) is 96.8 cm³/mol. The highest BCUT2D eigenvalue weighted by Crippen LogP contribution is 2.83. The third kappa shape index (κ3) is 1.34. The lowest BCUT2D eigenvalue weighted by atomic mass is 9.39. The summed E-state index contributed by atoms with van der Waals surface area (Å²) < 4.78 is 0. The number of hydrogen-bond acceptors (Lipinski definition) is 3. The minimum atomic E-state index is -0.377. The van der Waals surface area contributed by atoms with Crippen LogP contribution in [0.5, 0.6) is 0 Å². The molecule has 0 amide bonds. The van der Waals surface area contributed by atoms with Crippen molar-refractivity contribution in [2.45, 2.75) is 70.6 Å². The van der Waals surface area contributed by atoms with Crippen LogP contribution in [0.4, 0.5) is 0 Å². The molecule has 0 aromatic rings. The number of nitrogens with zero attached hydrogens (tertiary/aromatic N) is 1. The second-order valence-electron chi connectivity index (χ2n) is 10.7. The molecule has 1 aliphatic heterocycles. The molecular formula is C22H33NO2. The molecule has 7 fully saturated rings. The zero-order chi connectivity index (χ0) is 17.4. The molecule has 0 aromatic carbocycles. The zero-order valence-corrected chi connectivity index (χ0v) is 15.7. The van der Waals surface area contributed by atoms with Crippen LogP contribution in [0.1, 0.15) is 52.4 Å². The molecule has 6 aliphatic carbocycles. The van der Waals surface area contributed by atoms with Crippen LogP contribution in [0.15, 0.2) is 12.2 Å². The number of hydrogen-bond donors (Lipinski definition) is 2. The summed E-state index contributed by atoms with van der Waals surface area (Å²) in [4.78, 5) is 2.77. The standard InChI is InChI=1S/C22H33NO2/c1-4-23-11-20(3)7-5-8-22-15(20)10-14(18(22)23)21-9-6-13(12(2)19(21)25)16(24)17(21)22/h13-19,24-25H,2,4-11H2,1,3H3/t13-,14-,15-,16+,17-,18?,19-,20+,21+,22+/m1/s1. The average Bonchev–Trinajstić information content (AvgIpc) is 2.99. The molecule has 7 rings (SSSR count). The topological polar surface area (TPSA) is 43.7 Å². The fraction of sp³-hybridized carbons (Fsp3) is 0.909. The minimum Gasteiger partial charge on any atom is -0.392 e. The fourth-order valence-corrected chi connectivity index (χ4v) is 10.1. The molecule has 1 saturated heterocycles. The summed E-state index contributed by atoms with van der Waals surface area (Å²) >= 11 is 0. The molecule has 3 nitrogen and oxygen atoms in total. The zero-order valence-electron chi connectivity index (χ0n) is 15.7. The second-order valence-corrected chi connectivity index (χ2v) is 10.7. The van der Waals surface area contributed by atoms with Gasteiger partial charge >= 0.3 is 0 Å². The predicted octanol–water partition coefficient (Wildman–Crippen LogP) is 2.82. The molecule has 10 atom stereocenters. The van der Waals surface area contributed by atoms with Crippen LogP contribution in [-0.2, 0) is 0 Å². The molecule has 0 radical (unpaired) electrons. The molecule has 2 spiro atoms. The minimum absolute atomic E-state index is 0.0809. The largest absolute Gasteiger partial charge is 0.392 e. The van der Waals surface area contributed by atoms with Crippen LogP contribution in [0.2, 0.25) is 0 Å². The Hall–Kier alpha value is -0.380. The van der Waals surface area contributed by atoms with Gasteiger partial charge in [-0.25, -0.2) is 0 Å². The molecule has 1 heterocycles. The van der Waals surface area contributed by atoms with Crippen molar-refractivity contribution in [3.05, 3.63) is 12.2 Å². The molecule has 7 bridgehead atoms. The lowest BCUT2D eigenvalue weighted by Crippen LogP contribution is -2.69. The van der Waals surface area contributed by atoms with Crippen molar-refractivity contribution in [1.29, 1.82) is 0 Å². The van der Waals surface area contributed by atoms with Gasteiger partial charge < -0.3 is 10.2 Å². The molecule has 25 heavy (non-hydrogen) atoms. The Morgan fingerprint density at radius 2 is 2.00 bits per heavy atom. The molecule has 138 valence electrons. The van der Waals surface area contributed by atoms with Crippen LogP contribution in [0, 0.1) is 39.9 Å². The Bertz CT molecular complexity index is 662. The van der Waals surface area contributed by atoms with Crippen LogP contribution in [-0.4, -0.2) is 46.5 Å². The third-order valence-electron chi connectivity index (χ3n) is 10.5. The molecular weight excluding hydrogens is 310 g/mol. The van der Waals surface area contributed by atoms with E-state index in [1.165, 1.54) is 32.2 Å². The van der Waals surface area contributed by atoms with E-state index in [1.807, 2.05) is 0 Å². The maximum absolute atomic E-state index is 11.5. The van der Waals surface area contributed by atoms with Crippen molar-refractivity contribution in [2.24, 2.45) is 39.9 Å². The lowest BCUT2D eigenvalue weighted by molar-refractivity contribution is -0.227. The van der Waals surface area contributed by atoms with Crippen molar-refractivity contribution in [3.8, 4) is 0 Å². The summed E-state index contributed by atoms with van der Waals surface area (Å²) in [5.74, 6) is 1.77. The van der Waals surface area contributed by atoms with E-state index in [-0.39, 0.29) is 29.0 Å². The van der Waals surface area contributed by atoms with E-state index < -0.39 is 0 Å². The smallest absolute Gasteiger partial charge is 0.0814 e.